The number of hydrogen-bond donors (Lipinski definition) is 1. The Bertz CT molecular complexity index is 1300. The van der Waals surface area contributed by atoms with E-state index in [9.17, 15) is 4.39 Å². The van der Waals surface area contributed by atoms with Gasteiger partial charge in [0, 0.05) is 30.4 Å². The van der Waals surface area contributed by atoms with Crippen LogP contribution in [0.5, 0.6) is 5.75 Å². The summed E-state index contributed by atoms with van der Waals surface area (Å²) < 4.78 is 26.4. The first-order valence-corrected chi connectivity index (χ1v) is 13.7. The zero-order valence-electron chi connectivity index (χ0n) is 22.8. The lowest BCUT2D eigenvalue weighted by Crippen LogP contribution is -2.28. The molecule has 7 heteroatoms. The molecule has 2 aromatic heterocycles. The highest BCUT2D eigenvalue weighted by Gasteiger charge is 2.17. The van der Waals surface area contributed by atoms with Crippen LogP contribution in [-0.2, 0) is 0 Å². The fourth-order valence-corrected chi connectivity index (χ4v) is 4.64. The van der Waals surface area contributed by atoms with Gasteiger partial charge in [-0.05, 0) is 82.8 Å². The Hall–Kier alpha value is -2.90. The molecule has 0 atom stereocenters. The van der Waals surface area contributed by atoms with Gasteiger partial charge >= 0.3 is 0 Å². The molecule has 0 saturated carbocycles. The van der Waals surface area contributed by atoms with E-state index in [4.69, 9.17) is 14.1 Å². The van der Waals surface area contributed by atoms with E-state index in [1.165, 1.54) is 37.8 Å². The largest absolute Gasteiger partial charge is 0.494 e. The molecule has 1 N–H and O–H groups in total. The van der Waals surface area contributed by atoms with Crippen molar-refractivity contribution in [3.63, 3.8) is 0 Å². The number of nitrogens with zero attached hydrogens (tertiary/aromatic N) is 3. The number of halogens is 1. The summed E-state index contributed by atoms with van der Waals surface area (Å²) in [6.07, 6.45) is 5.93. The smallest absolute Gasteiger partial charge is 0.177 e. The quantitative estimate of drug-likeness (QED) is 0.176. The van der Waals surface area contributed by atoms with Crippen LogP contribution in [0.2, 0.25) is 0 Å². The summed E-state index contributed by atoms with van der Waals surface area (Å²) >= 11 is 0. The SMILES string of the molecule is CCCCN(CCCC)CCCOc1ccc2nc3c(oc4ccc(F)cc43)c(NCCN(C)C)c2c1. The number of aromatic nitrogens is 1. The van der Waals surface area contributed by atoms with E-state index in [1.54, 1.807) is 6.07 Å². The van der Waals surface area contributed by atoms with Gasteiger partial charge in [0.1, 0.15) is 22.7 Å². The fraction of sp³-hybridized carbons (Fsp3) is 0.500. The Kier molecular flexibility index (Phi) is 9.58. The molecule has 0 radical (unpaired) electrons. The highest BCUT2D eigenvalue weighted by Crippen LogP contribution is 2.38. The van der Waals surface area contributed by atoms with Crippen LogP contribution in [0.1, 0.15) is 46.0 Å². The second-order valence-electron chi connectivity index (χ2n) is 10.1. The van der Waals surface area contributed by atoms with Crippen molar-refractivity contribution in [3.05, 3.63) is 42.2 Å². The van der Waals surface area contributed by atoms with Crippen LogP contribution in [0.15, 0.2) is 40.8 Å². The first-order valence-electron chi connectivity index (χ1n) is 13.7. The Morgan fingerprint density at radius 2 is 1.68 bits per heavy atom. The third-order valence-corrected chi connectivity index (χ3v) is 6.72. The normalized spacial score (nSPS) is 12.0. The topological polar surface area (TPSA) is 53.8 Å². The summed E-state index contributed by atoms with van der Waals surface area (Å²) in [5.74, 6) is 0.519. The minimum Gasteiger partial charge on any atom is -0.494 e. The van der Waals surface area contributed by atoms with Gasteiger partial charge in [-0.25, -0.2) is 9.37 Å². The average Bonchev–Trinajstić information content (AvgIpc) is 3.24. The molecule has 0 fully saturated rings. The summed E-state index contributed by atoms with van der Waals surface area (Å²) in [4.78, 5) is 9.55. The van der Waals surface area contributed by atoms with Crippen LogP contribution in [0, 0.1) is 5.82 Å². The van der Waals surface area contributed by atoms with Crippen molar-refractivity contribution < 1.29 is 13.5 Å². The van der Waals surface area contributed by atoms with Crippen LogP contribution in [-0.4, -0.2) is 68.2 Å². The van der Waals surface area contributed by atoms with Crippen molar-refractivity contribution >= 4 is 38.7 Å². The maximum Gasteiger partial charge on any atom is 0.177 e. The predicted molar refractivity (Wildman–Crippen MR) is 152 cm³/mol. The third kappa shape index (κ3) is 6.90. The van der Waals surface area contributed by atoms with E-state index in [0.717, 1.165) is 61.5 Å². The van der Waals surface area contributed by atoms with Gasteiger partial charge in [0.2, 0.25) is 0 Å². The van der Waals surface area contributed by atoms with Crippen molar-refractivity contribution in [1.82, 2.24) is 14.8 Å². The van der Waals surface area contributed by atoms with Crippen molar-refractivity contribution in [1.29, 1.82) is 0 Å². The molecule has 0 aliphatic carbocycles. The first kappa shape index (κ1) is 27.1. The number of anilines is 1. The third-order valence-electron chi connectivity index (χ3n) is 6.72. The van der Waals surface area contributed by atoms with Gasteiger partial charge in [-0.15, -0.1) is 0 Å². The maximum atomic E-state index is 14.0. The number of hydrogen-bond acceptors (Lipinski definition) is 6. The van der Waals surface area contributed by atoms with Crippen LogP contribution in [0.4, 0.5) is 10.1 Å². The minimum atomic E-state index is -0.300. The molecular weight excluding hydrogens is 467 g/mol. The average molecular weight is 509 g/mol. The second kappa shape index (κ2) is 13.1. The van der Waals surface area contributed by atoms with E-state index < -0.39 is 0 Å². The molecule has 6 nitrogen and oxygen atoms in total. The lowest BCUT2D eigenvalue weighted by Gasteiger charge is -2.22. The van der Waals surface area contributed by atoms with Crippen LogP contribution < -0.4 is 10.1 Å². The second-order valence-corrected chi connectivity index (χ2v) is 10.1. The summed E-state index contributed by atoms with van der Waals surface area (Å²) in [5.41, 5.74) is 3.63. The summed E-state index contributed by atoms with van der Waals surface area (Å²) in [6.45, 7) is 10.2. The Morgan fingerprint density at radius 3 is 2.41 bits per heavy atom. The van der Waals surface area contributed by atoms with Gasteiger partial charge in [0.25, 0.3) is 0 Å². The number of likely N-dealkylation sites (N-methyl/N-ethyl adjacent to an activating group) is 1. The number of nitrogens with one attached hydrogen (secondary N) is 1. The van der Waals surface area contributed by atoms with Gasteiger partial charge < -0.3 is 24.3 Å². The lowest BCUT2D eigenvalue weighted by atomic mass is 10.1. The zero-order valence-corrected chi connectivity index (χ0v) is 22.8. The standard InChI is InChI=1S/C30H41FN4O2/c1-5-7-15-35(16-8-6-2)17-9-19-36-23-11-12-26-24(21-23)28(32-14-18-34(3)4)30-29(33-26)25-20-22(31)10-13-27(25)37-30/h10-13,20-21H,5-9,14-19H2,1-4H3,(H,32,33). The summed E-state index contributed by atoms with van der Waals surface area (Å²) in [7, 11) is 4.09. The molecule has 200 valence electrons. The zero-order chi connectivity index (χ0) is 26.2. The number of pyridine rings is 1. The molecule has 0 aliphatic heterocycles. The molecule has 0 aliphatic rings. The highest BCUT2D eigenvalue weighted by molar-refractivity contribution is 6.14. The molecular formula is C30H41FN4O2. The molecule has 4 rings (SSSR count). The van der Waals surface area contributed by atoms with E-state index in [1.807, 2.05) is 32.3 Å². The number of furan rings is 1. The molecule has 37 heavy (non-hydrogen) atoms. The van der Waals surface area contributed by atoms with Gasteiger partial charge in [-0.3, -0.25) is 0 Å². The molecule has 0 amide bonds. The van der Waals surface area contributed by atoms with Gasteiger partial charge in [-0.1, -0.05) is 26.7 Å². The van der Waals surface area contributed by atoms with Crippen molar-refractivity contribution in [2.75, 3.05) is 58.7 Å². The summed E-state index contributed by atoms with van der Waals surface area (Å²) in [6, 6.07) is 10.6. The van der Waals surface area contributed by atoms with Crippen molar-refractivity contribution in [2.45, 2.75) is 46.0 Å². The Balaban J connectivity index is 1.56. The number of fused-ring (bicyclic) bond motifs is 4. The molecule has 0 saturated heterocycles. The first-order chi connectivity index (χ1) is 18.0. The van der Waals surface area contributed by atoms with Crippen molar-refractivity contribution in [2.24, 2.45) is 0 Å². The Labute approximate surface area is 219 Å². The van der Waals surface area contributed by atoms with Crippen LogP contribution in [0.25, 0.3) is 33.0 Å². The molecule has 0 spiro atoms. The van der Waals surface area contributed by atoms with Crippen LogP contribution in [0.3, 0.4) is 0 Å². The molecule has 2 heterocycles. The monoisotopic (exact) mass is 508 g/mol. The maximum absolute atomic E-state index is 14.0. The van der Waals surface area contributed by atoms with E-state index in [0.29, 0.717) is 28.7 Å². The number of ether oxygens (including phenoxy) is 1. The molecule has 0 unspecified atom stereocenters. The molecule has 0 bridgehead atoms. The minimum absolute atomic E-state index is 0.300. The number of unbranched alkanes of at least 4 members (excludes halogenated alkanes) is 2. The number of benzene rings is 2. The van der Waals surface area contributed by atoms with E-state index in [2.05, 4.69) is 29.0 Å². The van der Waals surface area contributed by atoms with E-state index in [-0.39, 0.29) is 5.82 Å². The van der Waals surface area contributed by atoms with E-state index >= 15 is 0 Å². The molecule has 2 aromatic carbocycles. The van der Waals surface area contributed by atoms with Gasteiger partial charge in [0.15, 0.2) is 5.58 Å². The van der Waals surface area contributed by atoms with Crippen LogP contribution >= 0.6 is 0 Å². The lowest BCUT2D eigenvalue weighted by molar-refractivity contribution is 0.229. The number of rotatable bonds is 15. The van der Waals surface area contributed by atoms with Gasteiger partial charge in [0.05, 0.1) is 17.8 Å². The summed E-state index contributed by atoms with van der Waals surface area (Å²) in [5, 5.41) is 5.18. The predicted octanol–water partition coefficient (Wildman–Crippen LogP) is 6.92. The highest BCUT2D eigenvalue weighted by atomic mass is 19.1. The van der Waals surface area contributed by atoms with Gasteiger partial charge in [-0.2, -0.15) is 0 Å². The van der Waals surface area contributed by atoms with Crippen molar-refractivity contribution in [3.8, 4) is 5.75 Å². The fourth-order valence-electron chi connectivity index (χ4n) is 4.64. The molecule has 4 aromatic rings. The Morgan fingerprint density at radius 1 is 0.919 bits per heavy atom.